The Bertz CT molecular complexity index is 879. The number of aromatic amines is 1. The molecule has 0 amide bonds. The number of hydrogen-bond donors (Lipinski definition) is 4. The van der Waals surface area contributed by atoms with E-state index in [9.17, 15) is 10.1 Å². The molecule has 0 bridgehead atoms. The molecule has 1 atom stereocenters. The quantitative estimate of drug-likeness (QED) is 0.404. The summed E-state index contributed by atoms with van der Waals surface area (Å²) in [6.07, 6.45) is 1.67. The van der Waals surface area contributed by atoms with Gasteiger partial charge in [-0.3, -0.25) is 15.2 Å². The summed E-state index contributed by atoms with van der Waals surface area (Å²) in [5.74, 6) is 0.562. The minimum absolute atomic E-state index is 0.0708. The van der Waals surface area contributed by atoms with E-state index in [1.165, 1.54) is 12.1 Å². The van der Waals surface area contributed by atoms with Crippen LogP contribution in [-0.4, -0.2) is 37.9 Å². The number of aliphatic hydroxyl groups excluding tert-OH is 1. The fourth-order valence-corrected chi connectivity index (χ4v) is 2.23. The fraction of sp³-hybridized carbons (Fsp3) is 0.200. The number of anilines is 3. The third-order valence-electron chi connectivity index (χ3n) is 3.44. The number of H-pyrrole nitrogens is 1. The van der Waals surface area contributed by atoms with Gasteiger partial charge in [-0.05, 0) is 31.2 Å². The summed E-state index contributed by atoms with van der Waals surface area (Å²) in [6.45, 7) is 1.71. The van der Waals surface area contributed by atoms with Crippen molar-refractivity contribution in [1.82, 2.24) is 15.2 Å². The summed E-state index contributed by atoms with van der Waals surface area (Å²) in [5.41, 5.74) is 1.39. The van der Waals surface area contributed by atoms with Crippen LogP contribution in [-0.2, 0) is 0 Å². The van der Waals surface area contributed by atoms with Crippen LogP contribution >= 0.6 is 0 Å². The van der Waals surface area contributed by atoms with Crippen molar-refractivity contribution < 1.29 is 10.0 Å². The lowest BCUT2D eigenvalue weighted by Gasteiger charge is -2.13. The van der Waals surface area contributed by atoms with Gasteiger partial charge in [-0.25, -0.2) is 4.98 Å². The minimum Gasteiger partial charge on any atom is -0.394 e. The first-order valence-electron chi connectivity index (χ1n) is 7.30. The number of benzene rings is 1. The van der Waals surface area contributed by atoms with E-state index in [2.05, 4.69) is 25.8 Å². The maximum atomic E-state index is 11.2. The Balaban J connectivity index is 1.93. The van der Waals surface area contributed by atoms with E-state index in [0.29, 0.717) is 11.5 Å². The van der Waals surface area contributed by atoms with Crippen LogP contribution in [0.25, 0.3) is 10.9 Å². The summed E-state index contributed by atoms with van der Waals surface area (Å²) < 4.78 is 0. The van der Waals surface area contributed by atoms with Crippen LogP contribution in [0.2, 0.25) is 0 Å². The van der Waals surface area contributed by atoms with Gasteiger partial charge in [0.1, 0.15) is 5.82 Å². The molecule has 0 unspecified atom stereocenters. The van der Waals surface area contributed by atoms with Gasteiger partial charge in [-0.15, -0.1) is 0 Å². The van der Waals surface area contributed by atoms with Crippen LogP contribution in [0.15, 0.2) is 36.5 Å². The van der Waals surface area contributed by atoms with Crippen LogP contribution in [0, 0.1) is 10.1 Å². The Morgan fingerprint density at radius 2 is 2.21 bits per heavy atom. The Hall–Kier alpha value is -3.20. The fourth-order valence-electron chi connectivity index (χ4n) is 2.23. The highest BCUT2D eigenvalue weighted by Gasteiger charge is 2.17. The number of nitrogens with zero attached hydrogens (tertiary/aromatic N) is 3. The molecule has 0 aliphatic rings. The molecule has 3 aromatic rings. The van der Waals surface area contributed by atoms with E-state index in [-0.39, 0.29) is 24.2 Å². The van der Waals surface area contributed by atoms with E-state index >= 15 is 0 Å². The zero-order valence-corrected chi connectivity index (χ0v) is 12.9. The van der Waals surface area contributed by atoms with Crippen molar-refractivity contribution in [3.63, 3.8) is 0 Å². The van der Waals surface area contributed by atoms with E-state index in [1.54, 1.807) is 19.2 Å². The van der Waals surface area contributed by atoms with Gasteiger partial charge in [0.25, 0.3) is 0 Å². The third kappa shape index (κ3) is 3.25. The molecule has 124 valence electrons. The maximum absolute atomic E-state index is 11.2. The average Bonchev–Trinajstić information content (AvgIpc) is 3.02. The lowest BCUT2D eigenvalue weighted by molar-refractivity contribution is -0.384. The lowest BCUT2D eigenvalue weighted by atomic mass is 10.2. The standard InChI is InChI=1S/C15H16N6O3/c1-9(8-22)17-14-5-4-13(21(23)24)15(19-14)18-11-2-3-12-10(6-11)7-16-20-12/h2-7,9,22H,8H2,1H3,(H,16,20)(H2,17,18,19)/t9-/m0/s1. The highest BCUT2D eigenvalue weighted by molar-refractivity contribution is 5.83. The number of hydrogen-bond acceptors (Lipinski definition) is 7. The molecule has 0 saturated carbocycles. The zero-order chi connectivity index (χ0) is 17.1. The van der Waals surface area contributed by atoms with Crippen molar-refractivity contribution in [2.45, 2.75) is 13.0 Å². The number of fused-ring (bicyclic) bond motifs is 1. The van der Waals surface area contributed by atoms with Gasteiger partial charge >= 0.3 is 5.69 Å². The van der Waals surface area contributed by atoms with Crippen LogP contribution in [0.3, 0.4) is 0 Å². The predicted molar refractivity (Wildman–Crippen MR) is 90.4 cm³/mol. The first-order chi connectivity index (χ1) is 11.6. The summed E-state index contributed by atoms with van der Waals surface area (Å²) in [5, 5.41) is 33.9. The van der Waals surface area contributed by atoms with Crippen molar-refractivity contribution in [3.8, 4) is 0 Å². The number of nitrogens with one attached hydrogen (secondary N) is 3. The SMILES string of the molecule is C[C@@H](CO)Nc1ccc([N+](=O)[O-])c(Nc2ccc3[nH]ncc3c2)n1. The second-order valence-electron chi connectivity index (χ2n) is 5.35. The van der Waals surface area contributed by atoms with Gasteiger partial charge in [-0.1, -0.05) is 0 Å². The molecule has 0 saturated heterocycles. The first-order valence-corrected chi connectivity index (χ1v) is 7.30. The van der Waals surface area contributed by atoms with Gasteiger partial charge in [0.05, 0.1) is 23.2 Å². The molecule has 2 heterocycles. The molecule has 3 rings (SSSR count). The molecule has 0 aliphatic carbocycles. The van der Waals surface area contributed by atoms with Crippen molar-refractivity contribution in [3.05, 3.63) is 46.6 Å². The molecule has 0 radical (unpaired) electrons. The third-order valence-corrected chi connectivity index (χ3v) is 3.44. The predicted octanol–water partition coefficient (Wildman–Crippen LogP) is 2.40. The Kier molecular flexibility index (Phi) is 4.25. The van der Waals surface area contributed by atoms with Crippen LogP contribution in [0.5, 0.6) is 0 Å². The van der Waals surface area contributed by atoms with Gasteiger partial charge in [-0.2, -0.15) is 5.10 Å². The maximum Gasteiger partial charge on any atom is 0.311 e. The largest absolute Gasteiger partial charge is 0.394 e. The van der Waals surface area contributed by atoms with Gasteiger partial charge in [0, 0.05) is 23.2 Å². The average molecular weight is 328 g/mol. The van der Waals surface area contributed by atoms with Gasteiger partial charge in [0.15, 0.2) is 0 Å². The molecular weight excluding hydrogens is 312 g/mol. The molecule has 0 fully saturated rings. The van der Waals surface area contributed by atoms with E-state index in [1.807, 2.05) is 12.1 Å². The van der Waals surface area contributed by atoms with Crippen molar-refractivity contribution in [2.24, 2.45) is 0 Å². The van der Waals surface area contributed by atoms with Crippen LogP contribution in [0.1, 0.15) is 6.92 Å². The number of rotatable bonds is 6. The molecular formula is C15H16N6O3. The molecule has 0 aliphatic heterocycles. The molecule has 0 spiro atoms. The van der Waals surface area contributed by atoms with E-state index < -0.39 is 4.92 Å². The van der Waals surface area contributed by atoms with Crippen LogP contribution < -0.4 is 10.6 Å². The van der Waals surface area contributed by atoms with E-state index in [0.717, 1.165) is 10.9 Å². The first kappa shape index (κ1) is 15.7. The smallest absolute Gasteiger partial charge is 0.311 e. The zero-order valence-electron chi connectivity index (χ0n) is 12.9. The molecule has 9 heteroatoms. The lowest BCUT2D eigenvalue weighted by Crippen LogP contribution is -2.20. The summed E-state index contributed by atoms with van der Waals surface area (Å²) >= 11 is 0. The molecule has 9 nitrogen and oxygen atoms in total. The Labute approximate surface area is 136 Å². The molecule has 4 N–H and O–H groups in total. The van der Waals surface area contributed by atoms with Crippen molar-refractivity contribution in [2.75, 3.05) is 17.2 Å². The highest BCUT2D eigenvalue weighted by Crippen LogP contribution is 2.28. The molecule has 1 aromatic carbocycles. The van der Waals surface area contributed by atoms with Crippen molar-refractivity contribution >= 4 is 33.9 Å². The van der Waals surface area contributed by atoms with Crippen molar-refractivity contribution in [1.29, 1.82) is 0 Å². The Morgan fingerprint density at radius 3 is 2.96 bits per heavy atom. The van der Waals surface area contributed by atoms with Gasteiger partial charge < -0.3 is 15.7 Å². The van der Waals surface area contributed by atoms with Gasteiger partial charge in [0.2, 0.25) is 5.82 Å². The normalized spacial score (nSPS) is 12.1. The topological polar surface area (TPSA) is 129 Å². The minimum atomic E-state index is -0.495. The molecule has 24 heavy (non-hydrogen) atoms. The molecule has 2 aromatic heterocycles. The number of aromatic nitrogens is 3. The summed E-state index contributed by atoms with van der Waals surface area (Å²) in [4.78, 5) is 15.0. The van der Waals surface area contributed by atoms with Crippen LogP contribution in [0.4, 0.5) is 23.0 Å². The van der Waals surface area contributed by atoms with E-state index in [4.69, 9.17) is 5.11 Å². The summed E-state index contributed by atoms with van der Waals surface area (Å²) in [7, 11) is 0. The number of pyridine rings is 1. The summed E-state index contributed by atoms with van der Waals surface area (Å²) in [6, 6.07) is 8.09. The monoisotopic (exact) mass is 328 g/mol. The number of aliphatic hydroxyl groups is 1. The second-order valence-corrected chi connectivity index (χ2v) is 5.35. The number of nitro groups is 1. The second kappa shape index (κ2) is 6.50. The highest BCUT2D eigenvalue weighted by atomic mass is 16.6. The Morgan fingerprint density at radius 1 is 1.38 bits per heavy atom.